The molecule has 3 rings (SSSR count). The number of aromatic nitrogens is 2. The fourth-order valence-electron chi connectivity index (χ4n) is 1.91. The lowest BCUT2D eigenvalue weighted by Gasteiger charge is -2.03. The highest BCUT2D eigenvalue weighted by Crippen LogP contribution is 2.19. The van der Waals surface area contributed by atoms with E-state index in [2.05, 4.69) is 10.3 Å². The van der Waals surface area contributed by atoms with Gasteiger partial charge >= 0.3 is 0 Å². The molecule has 0 aliphatic rings. The van der Waals surface area contributed by atoms with Crippen LogP contribution in [0.1, 0.15) is 5.69 Å². The molecule has 0 saturated carbocycles. The molecule has 0 fully saturated rings. The summed E-state index contributed by atoms with van der Waals surface area (Å²) in [6.45, 7) is 0. The van der Waals surface area contributed by atoms with Crippen LogP contribution >= 0.6 is 23.1 Å². The number of hydrogen-bond acceptors (Lipinski definition) is 4. The molecule has 1 amide bonds. The topological polar surface area (TPSA) is 46.4 Å². The molecule has 1 N–H and O–H groups in total. The number of rotatable bonds is 4. The number of carbonyl (C=O) groups excluding carboxylic acids is 1. The second-order valence-electron chi connectivity index (χ2n) is 4.29. The number of amides is 1. The van der Waals surface area contributed by atoms with Crippen LogP contribution in [0, 0.1) is 0 Å². The van der Waals surface area contributed by atoms with Crippen molar-refractivity contribution in [1.82, 2.24) is 9.38 Å². The zero-order chi connectivity index (χ0) is 14.7. The molecule has 0 unspecified atom stereocenters. The van der Waals surface area contributed by atoms with Gasteiger partial charge in [-0.1, -0.05) is 6.07 Å². The van der Waals surface area contributed by atoms with Crippen LogP contribution in [0.15, 0.2) is 53.0 Å². The third kappa shape index (κ3) is 3.17. The Morgan fingerprint density at radius 3 is 3.24 bits per heavy atom. The number of anilines is 1. The summed E-state index contributed by atoms with van der Waals surface area (Å²) in [7, 11) is 0. The number of thiazole rings is 1. The average molecular weight is 315 g/mol. The van der Waals surface area contributed by atoms with Gasteiger partial charge in [-0.2, -0.15) is 0 Å². The lowest BCUT2D eigenvalue weighted by molar-refractivity contribution is -0.111. The Kier molecular flexibility index (Phi) is 4.08. The van der Waals surface area contributed by atoms with E-state index in [0.29, 0.717) is 0 Å². The second-order valence-corrected chi connectivity index (χ2v) is 6.05. The maximum atomic E-state index is 11.9. The first kappa shape index (κ1) is 13.9. The van der Waals surface area contributed by atoms with Crippen molar-refractivity contribution in [2.45, 2.75) is 4.90 Å². The third-order valence-corrected chi connectivity index (χ3v) is 4.41. The van der Waals surface area contributed by atoms with Gasteiger partial charge in [-0.15, -0.1) is 23.1 Å². The van der Waals surface area contributed by atoms with Gasteiger partial charge in [0.05, 0.1) is 11.9 Å². The average Bonchev–Trinajstić information content (AvgIpc) is 3.09. The van der Waals surface area contributed by atoms with Gasteiger partial charge in [0, 0.05) is 28.2 Å². The van der Waals surface area contributed by atoms with Gasteiger partial charge in [-0.05, 0) is 30.5 Å². The lowest BCUT2D eigenvalue weighted by atomic mass is 10.3. The van der Waals surface area contributed by atoms with Crippen LogP contribution in [0.25, 0.3) is 11.0 Å². The molecular formula is C15H13N3OS2. The summed E-state index contributed by atoms with van der Waals surface area (Å²) in [5.74, 6) is -0.154. The minimum Gasteiger partial charge on any atom is -0.322 e. The van der Waals surface area contributed by atoms with Crippen molar-refractivity contribution in [3.63, 3.8) is 0 Å². The molecule has 0 radical (unpaired) electrons. The summed E-state index contributed by atoms with van der Waals surface area (Å²) >= 11 is 3.21. The quantitative estimate of drug-likeness (QED) is 0.589. The summed E-state index contributed by atoms with van der Waals surface area (Å²) in [5.41, 5.74) is 1.68. The van der Waals surface area contributed by atoms with E-state index >= 15 is 0 Å². The lowest BCUT2D eigenvalue weighted by Crippen LogP contribution is -2.07. The minimum atomic E-state index is -0.154. The van der Waals surface area contributed by atoms with E-state index in [4.69, 9.17) is 0 Å². The number of nitrogens with zero attached hydrogens (tertiary/aromatic N) is 2. The Labute approximate surface area is 130 Å². The van der Waals surface area contributed by atoms with Crippen LogP contribution in [-0.4, -0.2) is 21.5 Å². The highest BCUT2D eigenvalue weighted by Gasteiger charge is 2.02. The van der Waals surface area contributed by atoms with Crippen LogP contribution in [0.2, 0.25) is 0 Å². The minimum absolute atomic E-state index is 0.154. The molecule has 0 aliphatic carbocycles. The zero-order valence-electron chi connectivity index (χ0n) is 11.3. The molecule has 106 valence electrons. The predicted molar refractivity (Wildman–Crippen MR) is 89.0 cm³/mol. The van der Waals surface area contributed by atoms with E-state index < -0.39 is 0 Å². The number of imidazole rings is 1. The van der Waals surface area contributed by atoms with Crippen molar-refractivity contribution in [3.8, 4) is 0 Å². The summed E-state index contributed by atoms with van der Waals surface area (Å²) in [4.78, 5) is 18.2. The van der Waals surface area contributed by atoms with E-state index in [0.717, 1.165) is 21.2 Å². The number of thioether (sulfide) groups is 1. The smallest absolute Gasteiger partial charge is 0.248 e. The Morgan fingerprint density at radius 1 is 1.48 bits per heavy atom. The monoisotopic (exact) mass is 315 g/mol. The molecule has 3 aromatic rings. The fourth-order valence-corrected chi connectivity index (χ4v) is 3.07. The van der Waals surface area contributed by atoms with Gasteiger partial charge in [0.15, 0.2) is 4.96 Å². The first-order valence-electron chi connectivity index (χ1n) is 6.30. The third-order valence-electron chi connectivity index (χ3n) is 2.92. The van der Waals surface area contributed by atoms with Crippen LogP contribution in [0.5, 0.6) is 0 Å². The molecule has 6 heteroatoms. The predicted octanol–water partition coefficient (Wildman–Crippen LogP) is 3.77. The molecule has 21 heavy (non-hydrogen) atoms. The number of nitrogens with one attached hydrogen (secondary N) is 1. The molecule has 0 saturated heterocycles. The first-order valence-corrected chi connectivity index (χ1v) is 8.40. The highest BCUT2D eigenvalue weighted by atomic mass is 32.2. The SMILES string of the molecule is CSc1cccc(NC(=O)/C=C/c2cnc3sccn23)c1. The first-order chi connectivity index (χ1) is 10.3. The maximum Gasteiger partial charge on any atom is 0.248 e. The van der Waals surface area contributed by atoms with E-state index in [1.807, 2.05) is 46.5 Å². The van der Waals surface area contributed by atoms with Crippen LogP contribution in [-0.2, 0) is 4.79 Å². The molecule has 4 nitrogen and oxygen atoms in total. The van der Waals surface area contributed by atoms with E-state index in [9.17, 15) is 4.79 Å². The molecule has 0 spiro atoms. The van der Waals surface area contributed by atoms with Crippen molar-refractivity contribution in [2.75, 3.05) is 11.6 Å². The van der Waals surface area contributed by atoms with Gasteiger partial charge in [0.25, 0.3) is 0 Å². The Bertz CT molecular complexity index is 804. The van der Waals surface area contributed by atoms with Crippen LogP contribution in [0.3, 0.4) is 0 Å². The summed E-state index contributed by atoms with van der Waals surface area (Å²) < 4.78 is 1.95. The molecular weight excluding hydrogens is 302 g/mol. The molecule has 0 aliphatic heterocycles. The van der Waals surface area contributed by atoms with Gasteiger partial charge in [-0.3, -0.25) is 9.20 Å². The van der Waals surface area contributed by atoms with Crippen molar-refractivity contribution in [3.05, 3.63) is 53.8 Å². The number of carbonyl (C=O) groups is 1. The fraction of sp³-hybridized carbons (Fsp3) is 0.0667. The Morgan fingerprint density at radius 2 is 2.38 bits per heavy atom. The highest BCUT2D eigenvalue weighted by molar-refractivity contribution is 7.98. The summed E-state index contributed by atoms with van der Waals surface area (Å²) in [6.07, 6.45) is 8.98. The molecule has 1 aromatic carbocycles. The van der Waals surface area contributed by atoms with Crippen LogP contribution in [0.4, 0.5) is 5.69 Å². The van der Waals surface area contributed by atoms with Crippen molar-refractivity contribution in [1.29, 1.82) is 0 Å². The summed E-state index contributed by atoms with van der Waals surface area (Å²) in [5, 5.41) is 4.82. The number of hydrogen-bond donors (Lipinski definition) is 1. The number of fused-ring (bicyclic) bond motifs is 1. The van der Waals surface area contributed by atoms with Crippen molar-refractivity contribution in [2.24, 2.45) is 0 Å². The second kappa shape index (κ2) is 6.15. The normalized spacial score (nSPS) is 11.3. The van der Waals surface area contributed by atoms with Gasteiger partial charge in [0.1, 0.15) is 0 Å². The maximum absolute atomic E-state index is 11.9. The van der Waals surface area contributed by atoms with Gasteiger partial charge in [-0.25, -0.2) is 4.98 Å². The molecule has 2 aromatic heterocycles. The molecule has 2 heterocycles. The van der Waals surface area contributed by atoms with Gasteiger partial charge in [0.2, 0.25) is 5.91 Å². The summed E-state index contributed by atoms with van der Waals surface area (Å²) in [6, 6.07) is 7.76. The van der Waals surface area contributed by atoms with E-state index in [1.54, 1.807) is 35.4 Å². The van der Waals surface area contributed by atoms with Crippen molar-refractivity contribution >= 4 is 45.7 Å². The van der Waals surface area contributed by atoms with Crippen LogP contribution < -0.4 is 5.32 Å². The van der Waals surface area contributed by atoms with E-state index in [-0.39, 0.29) is 5.91 Å². The molecule has 0 atom stereocenters. The van der Waals surface area contributed by atoms with Gasteiger partial charge < -0.3 is 5.32 Å². The largest absolute Gasteiger partial charge is 0.322 e. The van der Waals surface area contributed by atoms with E-state index in [1.165, 1.54) is 6.08 Å². The Balaban J connectivity index is 1.71. The molecule has 0 bridgehead atoms. The van der Waals surface area contributed by atoms with Crippen molar-refractivity contribution < 1.29 is 4.79 Å². The standard InChI is InChI=1S/C15H13N3OS2/c1-20-13-4-2-3-11(9-13)17-14(19)6-5-12-10-16-15-18(12)7-8-21-15/h2-10H,1H3,(H,17,19)/b6-5+. The Hall–Kier alpha value is -2.05. The zero-order valence-corrected chi connectivity index (χ0v) is 12.9. The number of benzene rings is 1.